The molecule has 1 saturated heterocycles. The van der Waals surface area contributed by atoms with Crippen LogP contribution in [-0.2, 0) is 9.53 Å². The van der Waals surface area contributed by atoms with E-state index in [1.54, 1.807) is 35.1 Å². The van der Waals surface area contributed by atoms with Crippen molar-refractivity contribution in [2.75, 3.05) is 32.8 Å². The van der Waals surface area contributed by atoms with Gasteiger partial charge >= 0.3 is 6.09 Å². The summed E-state index contributed by atoms with van der Waals surface area (Å²) in [4.78, 5) is 43.2. The minimum absolute atomic E-state index is 0.0322. The molecule has 2 rings (SSSR count). The number of nitrogens with one attached hydrogen (secondary N) is 1. The molecule has 26 heavy (non-hydrogen) atoms. The van der Waals surface area contributed by atoms with Crippen LogP contribution in [0.5, 0.6) is 0 Å². The van der Waals surface area contributed by atoms with E-state index in [1.165, 1.54) is 13.1 Å². The van der Waals surface area contributed by atoms with Crippen molar-refractivity contribution < 1.29 is 19.1 Å². The van der Waals surface area contributed by atoms with Gasteiger partial charge in [0.2, 0.25) is 5.91 Å². The largest absolute Gasteiger partial charge is 0.450 e. The molecule has 1 aliphatic heterocycles. The van der Waals surface area contributed by atoms with E-state index in [9.17, 15) is 14.4 Å². The van der Waals surface area contributed by atoms with Crippen LogP contribution in [0.3, 0.4) is 0 Å². The monoisotopic (exact) mass is 362 g/mol. The summed E-state index contributed by atoms with van der Waals surface area (Å²) in [6.45, 7) is 5.60. The summed E-state index contributed by atoms with van der Waals surface area (Å²) in [5.41, 5.74) is 0.490. The number of piperidine rings is 1. The lowest BCUT2D eigenvalue weighted by Gasteiger charge is -2.37. The van der Waals surface area contributed by atoms with E-state index < -0.39 is 0 Å². The van der Waals surface area contributed by atoms with Crippen molar-refractivity contribution in [2.45, 2.75) is 32.7 Å². The zero-order chi connectivity index (χ0) is 18.9. The topological polar surface area (TPSA) is 91.8 Å². The van der Waals surface area contributed by atoms with Crippen molar-refractivity contribution in [3.05, 3.63) is 30.1 Å². The highest BCUT2D eigenvalue weighted by atomic mass is 16.6. The van der Waals surface area contributed by atoms with Crippen molar-refractivity contribution >= 4 is 17.9 Å². The second kappa shape index (κ2) is 9.74. The summed E-state index contributed by atoms with van der Waals surface area (Å²) in [5.74, 6) is -0.242. The summed E-state index contributed by atoms with van der Waals surface area (Å²) in [5, 5.41) is 2.81. The molecule has 0 aliphatic carbocycles. The molecule has 8 nitrogen and oxygen atoms in total. The standard InChI is InChI=1S/C18H26N4O4/c1-3-26-18(25)21-10-6-16(7-11-21)22(14(2)23)12-9-20-17(24)15-5-4-8-19-13-15/h4-5,8,13,16H,3,6-7,9-12H2,1-2H3,(H,20,24). The predicted octanol–water partition coefficient (Wildman–Crippen LogP) is 1.28. The minimum atomic E-state index is -0.302. The van der Waals surface area contributed by atoms with Crippen LogP contribution in [-0.4, -0.2) is 71.5 Å². The van der Waals surface area contributed by atoms with E-state index in [2.05, 4.69) is 10.3 Å². The van der Waals surface area contributed by atoms with Crippen molar-refractivity contribution in [3.8, 4) is 0 Å². The summed E-state index contributed by atoms with van der Waals surface area (Å²) in [6.07, 6.45) is 4.22. The second-order valence-corrected chi connectivity index (χ2v) is 6.13. The van der Waals surface area contributed by atoms with Crippen LogP contribution in [0.25, 0.3) is 0 Å². The SMILES string of the molecule is CCOC(=O)N1CCC(N(CCNC(=O)c2cccnc2)C(C)=O)CC1. The molecule has 1 aromatic heterocycles. The lowest BCUT2D eigenvalue weighted by molar-refractivity contribution is -0.131. The van der Waals surface area contributed by atoms with Gasteiger partial charge in [-0.3, -0.25) is 14.6 Å². The Bertz CT molecular complexity index is 615. The van der Waals surface area contributed by atoms with Gasteiger partial charge in [0.1, 0.15) is 0 Å². The Morgan fingerprint density at radius 1 is 1.35 bits per heavy atom. The first kappa shape index (κ1) is 19.7. The number of hydrogen-bond donors (Lipinski definition) is 1. The van der Waals surface area contributed by atoms with Crippen LogP contribution in [0.15, 0.2) is 24.5 Å². The molecule has 0 unspecified atom stereocenters. The Hall–Kier alpha value is -2.64. The quantitative estimate of drug-likeness (QED) is 0.823. The highest BCUT2D eigenvalue weighted by molar-refractivity contribution is 5.93. The summed E-state index contributed by atoms with van der Waals surface area (Å²) >= 11 is 0. The van der Waals surface area contributed by atoms with Gasteiger partial charge in [-0.15, -0.1) is 0 Å². The van der Waals surface area contributed by atoms with Crippen molar-refractivity contribution in [2.24, 2.45) is 0 Å². The zero-order valence-electron chi connectivity index (χ0n) is 15.3. The van der Waals surface area contributed by atoms with Gasteiger partial charge in [0.15, 0.2) is 0 Å². The number of ether oxygens (including phenoxy) is 1. The molecule has 1 N–H and O–H groups in total. The highest BCUT2D eigenvalue weighted by Crippen LogP contribution is 2.17. The lowest BCUT2D eigenvalue weighted by Crippen LogP contribution is -2.50. The van der Waals surface area contributed by atoms with Crippen LogP contribution in [0, 0.1) is 0 Å². The number of hydrogen-bond acceptors (Lipinski definition) is 5. The minimum Gasteiger partial charge on any atom is -0.450 e. The number of rotatable bonds is 6. The van der Waals surface area contributed by atoms with Gasteiger partial charge in [-0.25, -0.2) is 4.79 Å². The molecule has 8 heteroatoms. The molecule has 2 heterocycles. The third-order valence-electron chi connectivity index (χ3n) is 4.40. The smallest absolute Gasteiger partial charge is 0.409 e. The first-order valence-corrected chi connectivity index (χ1v) is 8.90. The van der Waals surface area contributed by atoms with E-state index in [-0.39, 0.29) is 23.9 Å². The lowest BCUT2D eigenvalue weighted by atomic mass is 10.0. The van der Waals surface area contributed by atoms with Gasteiger partial charge < -0.3 is 19.9 Å². The Morgan fingerprint density at radius 2 is 2.08 bits per heavy atom. The summed E-state index contributed by atoms with van der Waals surface area (Å²) < 4.78 is 5.01. The number of carbonyl (C=O) groups is 3. The number of aromatic nitrogens is 1. The molecular formula is C18H26N4O4. The molecule has 1 aromatic rings. The molecule has 1 fully saturated rings. The van der Waals surface area contributed by atoms with Crippen molar-refractivity contribution in [1.82, 2.24) is 20.1 Å². The molecule has 0 aromatic carbocycles. The fraction of sp³-hybridized carbons (Fsp3) is 0.556. The van der Waals surface area contributed by atoms with Crippen LogP contribution >= 0.6 is 0 Å². The van der Waals surface area contributed by atoms with E-state index in [0.717, 1.165) is 0 Å². The van der Waals surface area contributed by atoms with Crippen LogP contribution in [0.1, 0.15) is 37.0 Å². The predicted molar refractivity (Wildman–Crippen MR) is 95.6 cm³/mol. The number of nitrogens with zero attached hydrogens (tertiary/aromatic N) is 3. The molecule has 142 valence electrons. The van der Waals surface area contributed by atoms with Gasteiger partial charge in [0.25, 0.3) is 5.91 Å². The number of pyridine rings is 1. The Labute approximate surface area is 153 Å². The molecule has 3 amide bonds. The van der Waals surface area contributed by atoms with Gasteiger partial charge in [-0.2, -0.15) is 0 Å². The first-order chi connectivity index (χ1) is 12.5. The maximum atomic E-state index is 12.0. The van der Waals surface area contributed by atoms with Crippen molar-refractivity contribution in [1.29, 1.82) is 0 Å². The average molecular weight is 362 g/mol. The van der Waals surface area contributed by atoms with Crippen LogP contribution in [0.2, 0.25) is 0 Å². The third kappa shape index (κ3) is 5.44. The van der Waals surface area contributed by atoms with E-state index in [4.69, 9.17) is 4.74 Å². The molecule has 1 aliphatic rings. The maximum Gasteiger partial charge on any atom is 0.409 e. The maximum absolute atomic E-state index is 12.0. The molecule has 0 atom stereocenters. The van der Waals surface area contributed by atoms with Gasteiger partial charge in [-0.05, 0) is 31.9 Å². The summed E-state index contributed by atoms with van der Waals surface area (Å²) in [7, 11) is 0. The van der Waals surface area contributed by atoms with Gasteiger partial charge in [0.05, 0.1) is 12.2 Å². The Morgan fingerprint density at radius 3 is 2.65 bits per heavy atom. The Balaban J connectivity index is 1.81. The van der Waals surface area contributed by atoms with E-state index in [1.807, 2.05) is 0 Å². The van der Waals surface area contributed by atoms with Crippen molar-refractivity contribution in [3.63, 3.8) is 0 Å². The van der Waals surface area contributed by atoms with Gasteiger partial charge in [0, 0.05) is 51.5 Å². The fourth-order valence-corrected chi connectivity index (χ4v) is 3.06. The van der Waals surface area contributed by atoms with Gasteiger partial charge in [-0.1, -0.05) is 0 Å². The van der Waals surface area contributed by atoms with Crippen LogP contribution in [0.4, 0.5) is 4.79 Å². The summed E-state index contributed by atoms with van der Waals surface area (Å²) in [6, 6.07) is 3.46. The molecular weight excluding hydrogens is 336 g/mol. The molecule has 0 radical (unpaired) electrons. The number of likely N-dealkylation sites (tertiary alicyclic amines) is 1. The fourth-order valence-electron chi connectivity index (χ4n) is 3.06. The van der Waals surface area contributed by atoms with E-state index in [0.29, 0.717) is 51.2 Å². The van der Waals surface area contributed by atoms with Crippen LogP contribution < -0.4 is 5.32 Å². The number of amides is 3. The van der Waals surface area contributed by atoms with E-state index >= 15 is 0 Å². The zero-order valence-corrected chi connectivity index (χ0v) is 15.3. The molecule has 0 bridgehead atoms. The first-order valence-electron chi connectivity index (χ1n) is 8.90. The number of carbonyl (C=O) groups excluding carboxylic acids is 3. The molecule has 0 saturated carbocycles. The Kier molecular flexibility index (Phi) is 7.37. The average Bonchev–Trinajstić information content (AvgIpc) is 2.66. The highest BCUT2D eigenvalue weighted by Gasteiger charge is 2.28. The molecule has 0 spiro atoms. The third-order valence-corrected chi connectivity index (χ3v) is 4.40. The second-order valence-electron chi connectivity index (χ2n) is 6.13. The normalized spacial score (nSPS) is 14.6.